The lowest BCUT2D eigenvalue weighted by atomic mass is 10.2. The molecule has 96 valence electrons. The number of carbonyl (C=O) groups is 2. The summed E-state index contributed by atoms with van der Waals surface area (Å²) >= 11 is 0. The predicted molar refractivity (Wildman–Crippen MR) is 61.0 cm³/mol. The molecule has 0 aromatic heterocycles. The van der Waals surface area contributed by atoms with Crippen LogP contribution in [0.4, 0.5) is 4.39 Å². The molecule has 1 heterocycles. The van der Waals surface area contributed by atoms with Gasteiger partial charge in [0.1, 0.15) is 18.5 Å². The van der Waals surface area contributed by atoms with Crippen molar-refractivity contribution in [3.8, 4) is 0 Å². The van der Waals surface area contributed by atoms with Crippen LogP contribution in [0.1, 0.15) is 5.56 Å². The molecule has 1 atom stereocenters. The normalized spacial score (nSPS) is 19.2. The monoisotopic (exact) mass is 252 g/mol. The van der Waals surface area contributed by atoms with E-state index in [1.807, 2.05) is 0 Å². The van der Waals surface area contributed by atoms with Crippen molar-refractivity contribution in [1.82, 2.24) is 10.6 Å². The third-order valence-electron chi connectivity index (χ3n) is 2.55. The number of morpholine rings is 1. The Morgan fingerprint density at radius 3 is 2.83 bits per heavy atom. The molecule has 6 heteroatoms. The third kappa shape index (κ3) is 3.27. The van der Waals surface area contributed by atoms with Gasteiger partial charge in [0.15, 0.2) is 0 Å². The first-order valence-electron chi connectivity index (χ1n) is 5.54. The maximum atomic E-state index is 12.7. The highest BCUT2D eigenvalue weighted by Crippen LogP contribution is 2.02. The molecule has 2 amide bonds. The number of carbonyl (C=O) groups excluding carboxylic acids is 2. The van der Waals surface area contributed by atoms with Crippen molar-refractivity contribution in [3.05, 3.63) is 35.6 Å². The number of hydrogen-bond donors (Lipinski definition) is 2. The van der Waals surface area contributed by atoms with Crippen LogP contribution in [-0.4, -0.2) is 31.1 Å². The zero-order chi connectivity index (χ0) is 13.0. The Balaban J connectivity index is 1.84. The average Bonchev–Trinajstić information content (AvgIpc) is 2.38. The summed E-state index contributed by atoms with van der Waals surface area (Å²) in [6, 6.07) is 5.17. The van der Waals surface area contributed by atoms with Gasteiger partial charge in [0, 0.05) is 6.54 Å². The minimum atomic E-state index is -0.660. The van der Waals surface area contributed by atoms with Crippen LogP contribution in [0.25, 0.3) is 0 Å². The van der Waals surface area contributed by atoms with Gasteiger partial charge in [0.25, 0.3) is 0 Å². The molecule has 0 saturated carbocycles. The second-order valence-corrected chi connectivity index (χ2v) is 3.98. The van der Waals surface area contributed by atoms with Crippen LogP contribution in [0.3, 0.4) is 0 Å². The fourth-order valence-electron chi connectivity index (χ4n) is 1.60. The van der Waals surface area contributed by atoms with Gasteiger partial charge in [-0.05, 0) is 17.7 Å². The molecular weight excluding hydrogens is 239 g/mol. The van der Waals surface area contributed by atoms with Crippen molar-refractivity contribution in [1.29, 1.82) is 0 Å². The fourth-order valence-corrected chi connectivity index (χ4v) is 1.60. The molecule has 5 nitrogen and oxygen atoms in total. The Kier molecular flexibility index (Phi) is 3.88. The second kappa shape index (κ2) is 5.59. The Bertz CT molecular complexity index is 447. The molecule has 1 aliphatic rings. The Labute approximate surface area is 103 Å². The van der Waals surface area contributed by atoms with Gasteiger partial charge in [-0.3, -0.25) is 9.59 Å². The average molecular weight is 252 g/mol. The maximum absolute atomic E-state index is 12.7. The molecule has 1 aliphatic heterocycles. The molecule has 0 radical (unpaired) electrons. The smallest absolute Gasteiger partial charge is 0.246 e. The van der Waals surface area contributed by atoms with E-state index in [9.17, 15) is 14.0 Å². The van der Waals surface area contributed by atoms with Crippen molar-refractivity contribution < 1.29 is 18.7 Å². The minimum Gasteiger partial charge on any atom is -0.369 e. The number of halogens is 1. The molecular formula is C12H13FN2O3. The van der Waals surface area contributed by atoms with E-state index >= 15 is 0 Å². The van der Waals surface area contributed by atoms with Gasteiger partial charge >= 0.3 is 0 Å². The van der Waals surface area contributed by atoms with Crippen LogP contribution in [0.15, 0.2) is 24.3 Å². The number of rotatable bonds is 3. The standard InChI is InChI=1S/C12H13FN2O3/c13-9-3-1-8(2-4-9)5-14-12(17)10-6-18-7-11(16)15-10/h1-4,10H,5-7H2,(H,14,17)(H,15,16). The van der Waals surface area contributed by atoms with E-state index in [0.717, 1.165) is 5.56 Å². The maximum Gasteiger partial charge on any atom is 0.246 e. The Hall–Kier alpha value is -1.95. The van der Waals surface area contributed by atoms with Crippen LogP contribution < -0.4 is 10.6 Å². The zero-order valence-corrected chi connectivity index (χ0v) is 9.61. The van der Waals surface area contributed by atoms with E-state index in [2.05, 4.69) is 10.6 Å². The number of nitrogens with one attached hydrogen (secondary N) is 2. The quantitative estimate of drug-likeness (QED) is 0.793. The van der Waals surface area contributed by atoms with E-state index < -0.39 is 6.04 Å². The summed E-state index contributed by atoms with van der Waals surface area (Å²) in [5.41, 5.74) is 0.785. The Morgan fingerprint density at radius 2 is 2.17 bits per heavy atom. The van der Waals surface area contributed by atoms with Gasteiger partial charge in [0.2, 0.25) is 11.8 Å². The lowest BCUT2D eigenvalue weighted by Gasteiger charge is -2.22. The SMILES string of the molecule is O=C1COCC(C(=O)NCc2ccc(F)cc2)N1. The first-order chi connectivity index (χ1) is 8.65. The molecule has 2 N–H and O–H groups in total. The first-order valence-corrected chi connectivity index (χ1v) is 5.54. The molecule has 1 aromatic rings. The van der Waals surface area contributed by atoms with Gasteiger partial charge in [-0.2, -0.15) is 0 Å². The third-order valence-corrected chi connectivity index (χ3v) is 2.55. The summed E-state index contributed by atoms with van der Waals surface area (Å²) < 4.78 is 17.6. The number of ether oxygens (including phenoxy) is 1. The van der Waals surface area contributed by atoms with Gasteiger partial charge < -0.3 is 15.4 Å². The van der Waals surface area contributed by atoms with E-state index in [0.29, 0.717) is 0 Å². The summed E-state index contributed by atoms with van der Waals surface area (Å²) in [5, 5.41) is 5.18. The van der Waals surface area contributed by atoms with Crippen molar-refractivity contribution in [2.24, 2.45) is 0 Å². The minimum absolute atomic E-state index is 0.0122. The lowest BCUT2D eigenvalue weighted by molar-refractivity contribution is -0.138. The molecule has 1 fully saturated rings. The number of amides is 2. The van der Waals surface area contributed by atoms with Crippen LogP contribution in [0.2, 0.25) is 0 Å². The molecule has 1 unspecified atom stereocenters. The highest BCUT2D eigenvalue weighted by molar-refractivity contribution is 5.88. The van der Waals surface area contributed by atoms with Crippen molar-refractivity contribution in [3.63, 3.8) is 0 Å². The second-order valence-electron chi connectivity index (χ2n) is 3.98. The van der Waals surface area contributed by atoms with Gasteiger partial charge in [-0.1, -0.05) is 12.1 Å². The van der Waals surface area contributed by atoms with Crippen LogP contribution >= 0.6 is 0 Å². The fraction of sp³-hybridized carbons (Fsp3) is 0.333. The Morgan fingerprint density at radius 1 is 1.44 bits per heavy atom. The van der Waals surface area contributed by atoms with Crippen LogP contribution in [0.5, 0.6) is 0 Å². The van der Waals surface area contributed by atoms with Crippen molar-refractivity contribution >= 4 is 11.8 Å². The summed E-state index contributed by atoms with van der Waals surface area (Å²) in [6.45, 7) is 0.439. The predicted octanol–water partition coefficient (Wildman–Crippen LogP) is -0.0431. The molecule has 0 bridgehead atoms. The molecule has 2 rings (SSSR count). The van der Waals surface area contributed by atoms with Gasteiger partial charge in [-0.15, -0.1) is 0 Å². The molecule has 1 saturated heterocycles. The largest absolute Gasteiger partial charge is 0.369 e. The topological polar surface area (TPSA) is 67.4 Å². The molecule has 1 aromatic carbocycles. The van der Waals surface area contributed by atoms with Gasteiger partial charge in [0.05, 0.1) is 6.61 Å². The van der Waals surface area contributed by atoms with E-state index in [1.54, 1.807) is 12.1 Å². The summed E-state index contributed by atoms with van der Waals surface area (Å²) in [4.78, 5) is 22.7. The van der Waals surface area contributed by atoms with E-state index in [1.165, 1.54) is 12.1 Å². The molecule has 0 spiro atoms. The first kappa shape index (κ1) is 12.5. The summed E-state index contributed by atoms with van der Waals surface area (Å²) in [5.74, 6) is -0.937. The van der Waals surface area contributed by atoms with E-state index in [4.69, 9.17) is 4.74 Å². The zero-order valence-electron chi connectivity index (χ0n) is 9.61. The number of hydrogen-bond acceptors (Lipinski definition) is 3. The van der Waals surface area contributed by atoms with Crippen molar-refractivity contribution in [2.45, 2.75) is 12.6 Å². The van der Waals surface area contributed by atoms with E-state index in [-0.39, 0.29) is 37.4 Å². The lowest BCUT2D eigenvalue weighted by Crippen LogP contribution is -2.53. The summed E-state index contributed by atoms with van der Waals surface area (Å²) in [7, 11) is 0. The van der Waals surface area contributed by atoms with Gasteiger partial charge in [-0.25, -0.2) is 4.39 Å². The van der Waals surface area contributed by atoms with Crippen molar-refractivity contribution in [2.75, 3.05) is 13.2 Å². The molecule has 0 aliphatic carbocycles. The highest BCUT2D eigenvalue weighted by Gasteiger charge is 2.24. The molecule has 18 heavy (non-hydrogen) atoms. The van der Waals surface area contributed by atoms with Crippen LogP contribution in [-0.2, 0) is 20.9 Å². The number of benzene rings is 1. The van der Waals surface area contributed by atoms with Crippen LogP contribution in [0, 0.1) is 5.82 Å². The highest BCUT2D eigenvalue weighted by atomic mass is 19.1. The summed E-state index contributed by atoms with van der Waals surface area (Å²) in [6.07, 6.45) is 0.